The third kappa shape index (κ3) is 4.37. The fourth-order valence-electron chi connectivity index (χ4n) is 3.73. The fourth-order valence-corrected chi connectivity index (χ4v) is 3.73. The molecule has 29 heavy (non-hydrogen) atoms. The van der Waals surface area contributed by atoms with Crippen LogP contribution in [0.15, 0.2) is 73.3 Å². The molecule has 1 saturated heterocycles. The lowest BCUT2D eigenvalue weighted by Gasteiger charge is -2.41. The molecule has 0 spiro atoms. The number of amides is 2. The highest BCUT2D eigenvalue weighted by molar-refractivity contribution is 5.98. The molecule has 1 aliphatic heterocycles. The number of carbonyl (C=O) groups is 2. The van der Waals surface area contributed by atoms with Crippen molar-refractivity contribution in [1.29, 1.82) is 0 Å². The van der Waals surface area contributed by atoms with E-state index >= 15 is 0 Å². The second-order valence-electron chi connectivity index (χ2n) is 7.44. The Balaban J connectivity index is 1.58. The lowest BCUT2D eigenvalue weighted by molar-refractivity contribution is -0.140. The number of hydrogen-bond acceptors (Lipinski definition) is 3. The van der Waals surface area contributed by atoms with E-state index in [1.807, 2.05) is 49.4 Å². The average Bonchev–Trinajstić information content (AvgIpc) is 3.23. The van der Waals surface area contributed by atoms with Gasteiger partial charge in [0.25, 0.3) is 0 Å². The Labute approximate surface area is 170 Å². The van der Waals surface area contributed by atoms with Gasteiger partial charge in [-0.05, 0) is 31.0 Å². The summed E-state index contributed by atoms with van der Waals surface area (Å²) in [7, 11) is 0. The molecule has 0 radical (unpaired) electrons. The van der Waals surface area contributed by atoms with Crippen LogP contribution < -0.4 is 4.90 Å². The van der Waals surface area contributed by atoms with Crippen LogP contribution >= 0.6 is 0 Å². The molecule has 0 bridgehead atoms. The molecule has 1 fully saturated rings. The molecular formula is C23H24N4O2. The van der Waals surface area contributed by atoms with Crippen LogP contribution in [-0.4, -0.2) is 45.4 Å². The maximum Gasteiger partial charge on any atom is 0.246 e. The predicted octanol–water partition coefficient (Wildman–Crippen LogP) is 2.68. The highest BCUT2D eigenvalue weighted by Crippen LogP contribution is 2.23. The van der Waals surface area contributed by atoms with Gasteiger partial charge in [0.15, 0.2) is 0 Å². The van der Waals surface area contributed by atoms with Gasteiger partial charge in [-0.3, -0.25) is 9.59 Å². The molecule has 6 heteroatoms. The number of nitrogens with zero attached hydrogens (tertiary/aromatic N) is 4. The number of imidazole rings is 1. The number of rotatable bonds is 5. The first-order chi connectivity index (χ1) is 14.1. The van der Waals surface area contributed by atoms with Crippen molar-refractivity contribution in [3.05, 3.63) is 84.4 Å². The average molecular weight is 388 g/mol. The summed E-state index contributed by atoms with van der Waals surface area (Å²) in [6.45, 7) is 2.77. The molecule has 0 aliphatic carbocycles. The molecule has 2 heterocycles. The van der Waals surface area contributed by atoms with Gasteiger partial charge in [0.2, 0.25) is 11.8 Å². The molecule has 0 N–H and O–H groups in total. The Morgan fingerprint density at radius 3 is 2.55 bits per heavy atom. The first kappa shape index (κ1) is 18.9. The predicted molar refractivity (Wildman–Crippen MR) is 111 cm³/mol. The van der Waals surface area contributed by atoms with Crippen molar-refractivity contribution in [2.24, 2.45) is 0 Å². The van der Waals surface area contributed by atoms with Gasteiger partial charge in [-0.1, -0.05) is 48.0 Å². The normalized spacial score (nSPS) is 16.9. The maximum atomic E-state index is 13.0. The van der Waals surface area contributed by atoms with Gasteiger partial charge in [-0.2, -0.15) is 0 Å². The number of aromatic nitrogens is 2. The quantitative estimate of drug-likeness (QED) is 0.675. The van der Waals surface area contributed by atoms with Crippen LogP contribution in [0.5, 0.6) is 0 Å². The number of hydrogen-bond donors (Lipinski definition) is 0. The van der Waals surface area contributed by atoms with E-state index in [1.165, 1.54) is 0 Å². The highest BCUT2D eigenvalue weighted by atomic mass is 16.2. The fraction of sp³-hybridized carbons (Fsp3) is 0.261. The molecule has 1 atom stereocenters. The van der Waals surface area contributed by atoms with Crippen molar-refractivity contribution in [1.82, 2.24) is 14.5 Å². The van der Waals surface area contributed by atoms with Crippen LogP contribution in [0, 0.1) is 6.92 Å². The topological polar surface area (TPSA) is 58.4 Å². The van der Waals surface area contributed by atoms with E-state index in [2.05, 4.69) is 17.1 Å². The lowest BCUT2D eigenvalue weighted by Crippen LogP contribution is -2.59. The van der Waals surface area contributed by atoms with E-state index in [4.69, 9.17) is 0 Å². The van der Waals surface area contributed by atoms with Gasteiger partial charge in [0.05, 0.1) is 12.4 Å². The third-order valence-corrected chi connectivity index (χ3v) is 5.30. The van der Waals surface area contributed by atoms with Crippen LogP contribution in [0.3, 0.4) is 0 Å². The molecule has 148 valence electrons. The summed E-state index contributed by atoms with van der Waals surface area (Å²) in [5.74, 6) is -0.127. The number of aryl methyl sites for hydroxylation is 1. The van der Waals surface area contributed by atoms with Crippen LogP contribution in [0.4, 0.5) is 5.69 Å². The van der Waals surface area contributed by atoms with Crippen molar-refractivity contribution < 1.29 is 9.59 Å². The Morgan fingerprint density at radius 2 is 1.86 bits per heavy atom. The second kappa shape index (κ2) is 8.31. The standard InChI is InChI=1S/C23H24N4O2/c1-18-7-9-20(10-8-18)26-14-21(13-19-5-3-2-4-6-19)27(16-23(26)29)22(28)15-25-12-11-24-17-25/h2-12,17,21H,13-16H2,1H3/t21-/m1/s1. The lowest BCUT2D eigenvalue weighted by atomic mass is 10.0. The van der Waals surface area contributed by atoms with E-state index in [0.29, 0.717) is 13.0 Å². The van der Waals surface area contributed by atoms with Crippen molar-refractivity contribution >= 4 is 17.5 Å². The summed E-state index contributed by atoms with van der Waals surface area (Å²) in [5.41, 5.74) is 3.17. The summed E-state index contributed by atoms with van der Waals surface area (Å²) in [6.07, 6.45) is 5.73. The monoisotopic (exact) mass is 388 g/mol. The van der Waals surface area contributed by atoms with E-state index in [9.17, 15) is 9.59 Å². The molecular weight excluding hydrogens is 364 g/mol. The van der Waals surface area contributed by atoms with Gasteiger partial charge in [0, 0.05) is 24.6 Å². The Kier molecular flexibility index (Phi) is 5.42. The van der Waals surface area contributed by atoms with Gasteiger partial charge in [0.1, 0.15) is 13.1 Å². The van der Waals surface area contributed by atoms with E-state index < -0.39 is 0 Å². The summed E-state index contributed by atoms with van der Waals surface area (Å²) >= 11 is 0. The van der Waals surface area contributed by atoms with Crippen molar-refractivity contribution in [3.8, 4) is 0 Å². The van der Waals surface area contributed by atoms with Crippen molar-refractivity contribution in [2.75, 3.05) is 18.0 Å². The largest absolute Gasteiger partial charge is 0.328 e. The molecule has 0 unspecified atom stereocenters. The minimum Gasteiger partial charge on any atom is -0.328 e. The molecule has 6 nitrogen and oxygen atoms in total. The molecule has 2 aromatic carbocycles. The number of benzene rings is 2. The zero-order chi connectivity index (χ0) is 20.2. The molecule has 4 rings (SSSR count). The van der Waals surface area contributed by atoms with Gasteiger partial charge in [-0.25, -0.2) is 4.98 Å². The third-order valence-electron chi connectivity index (χ3n) is 5.30. The summed E-state index contributed by atoms with van der Waals surface area (Å²) in [4.78, 5) is 33.4. The van der Waals surface area contributed by atoms with Crippen LogP contribution in [0.25, 0.3) is 0 Å². The van der Waals surface area contributed by atoms with Crippen molar-refractivity contribution in [2.45, 2.75) is 25.9 Å². The van der Waals surface area contributed by atoms with E-state index in [0.717, 1.165) is 16.8 Å². The van der Waals surface area contributed by atoms with Crippen LogP contribution in [-0.2, 0) is 22.6 Å². The molecule has 2 amide bonds. The minimum absolute atomic E-state index is 0.0582. The Hall–Kier alpha value is -3.41. The summed E-state index contributed by atoms with van der Waals surface area (Å²) in [5, 5.41) is 0. The Bertz CT molecular complexity index is 968. The Morgan fingerprint density at radius 1 is 1.10 bits per heavy atom. The number of anilines is 1. The van der Waals surface area contributed by atoms with Crippen LogP contribution in [0.1, 0.15) is 11.1 Å². The maximum absolute atomic E-state index is 13.0. The first-order valence-corrected chi connectivity index (χ1v) is 9.76. The van der Waals surface area contributed by atoms with E-state index in [1.54, 1.807) is 33.1 Å². The summed E-state index contributed by atoms with van der Waals surface area (Å²) in [6, 6.07) is 18.0. The first-order valence-electron chi connectivity index (χ1n) is 9.76. The van der Waals surface area contributed by atoms with Gasteiger partial charge < -0.3 is 14.4 Å². The molecule has 0 saturated carbocycles. The SMILES string of the molecule is Cc1ccc(N2C[C@@H](Cc3ccccc3)N(C(=O)Cn3ccnc3)CC2=O)cc1. The van der Waals surface area contributed by atoms with E-state index in [-0.39, 0.29) is 30.9 Å². The number of piperazine rings is 1. The highest BCUT2D eigenvalue weighted by Gasteiger charge is 2.35. The van der Waals surface area contributed by atoms with Gasteiger partial charge >= 0.3 is 0 Å². The van der Waals surface area contributed by atoms with Crippen LogP contribution in [0.2, 0.25) is 0 Å². The minimum atomic E-state index is -0.0903. The smallest absolute Gasteiger partial charge is 0.246 e. The molecule has 1 aliphatic rings. The van der Waals surface area contributed by atoms with Gasteiger partial charge in [-0.15, -0.1) is 0 Å². The second-order valence-corrected chi connectivity index (χ2v) is 7.44. The number of carbonyl (C=O) groups excluding carboxylic acids is 2. The molecule has 3 aromatic rings. The zero-order valence-electron chi connectivity index (χ0n) is 16.4. The van der Waals surface area contributed by atoms with Crippen molar-refractivity contribution in [3.63, 3.8) is 0 Å². The molecule has 1 aromatic heterocycles. The zero-order valence-corrected chi connectivity index (χ0v) is 16.4. The summed E-state index contributed by atoms with van der Waals surface area (Å²) < 4.78 is 1.73.